The van der Waals surface area contributed by atoms with Crippen LogP contribution in [0.5, 0.6) is 17.4 Å². The van der Waals surface area contributed by atoms with Crippen molar-refractivity contribution >= 4 is 6.03 Å². The molecular formula is C21H27N3O3. The summed E-state index contributed by atoms with van der Waals surface area (Å²) < 4.78 is 11.4. The Kier molecular flexibility index (Phi) is 6.52. The number of pyridine rings is 1. The minimum absolute atomic E-state index is 0.00633. The second kappa shape index (κ2) is 9.26. The predicted molar refractivity (Wildman–Crippen MR) is 104 cm³/mol. The molecule has 1 atom stereocenters. The first-order valence-electron chi connectivity index (χ1n) is 9.56. The topological polar surface area (TPSA) is 63.7 Å². The van der Waals surface area contributed by atoms with E-state index in [9.17, 15) is 4.79 Å². The maximum absolute atomic E-state index is 12.3. The van der Waals surface area contributed by atoms with Gasteiger partial charge >= 0.3 is 6.03 Å². The molecule has 1 N–H and O–H groups in total. The summed E-state index contributed by atoms with van der Waals surface area (Å²) in [6.45, 7) is 5.89. The molecule has 1 fully saturated rings. The summed E-state index contributed by atoms with van der Waals surface area (Å²) >= 11 is 0. The first-order chi connectivity index (χ1) is 13.2. The molecule has 0 bridgehead atoms. The lowest BCUT2D eigenvalue weighted by molar-refractivity contribution is 0.158. The van der Waals surface area contributed by atoms with Crippen molar-refractivity contribution in [3.63, 3.8) is 0 Å². The number of piperidine rings is 1. The fraction of sp³-hybridized carbons (Fsp3) is 0.429. The molecule has 6 nitrogen and oxygen atoms in total. The van der Waals surface area contributed by atoms with Gasteiger partial charge in [-0.15, -0.1) is 0 Å². The van der Waals surface area contributed by atoms with Gasteiger partial charge in [0.05, 0.1) is 6.61 Å². The number of rotatable bonds is 6. The summed E-state index contributed by atoms with van der Waals surface area (Å²) in [7, 11) is 0. The zero-order chi connectivity index (χ0) is 19.1. The Morgan fingerprint density at radius 3 is 2.74 bits per heavy atom. The molecular weight excluding hydrogens is 342 g/mol. The molecule has 1 aromatic carbocycles. The van der Waals surface area contributed by atoms with Crippen LogP contribution in [-0.4, -0.2) is 35.1 Å². The Morgan fingerprint density at radius 1 is 1.22 bits per heavy atom. The highest BCUT2D eigenvalue weighted by Crippen LogP contribution is 2.30. The van der Waals surface area contributed by atoms with Gasteiger partial charge < -0.3 is 19.7 Å². The Labute approximate surface area is 160 Å². The Balaban J connectivity index is 1.55. The fourth-order valence-electron chi connectivity index (χ4n) is 3.18. The molecule has 1 saturated heterocycles. The molecule has 3 rings (SSSR count). The van der Waals surface area contributed by atoms with Crippen molar-refractivity contribution in [1.29, 1.82) is 0 Å². The largest absolute Gasteiger partial charge is 0.490 e. The standard InChI is InChI=1S/C21H27N3O3/c1-3-26-18-9-4-5-10-19(18)27-20-12-11-17(14-22-20)15-23-21(25)24-13-7-6-8-16(24)2/h4-5,9-12,14,16H,3,6-8,13,15H2,1-2H3,(H,23,25). The maximum atomic E-state index is 12.3. The van der Waals surface area contributed by atoms with Gasteiger partial charge in [0.1, 0.15) is 0 Å². The van der Waals surface area contributed by atoms with Gasteiger partial charge in [0, 0.05) is 31.4 Å². The van der Waals surface area contributed by atoms with Gasteiger partial charge in [-0.1, -0.05) is 18.2 Å². The third kappa shape index (κ3) is 5.12. The molecule has 1 aliphatic heterocycles. The highest BCUT2D eigenvalue weighted by Gasteiger charge is 2.22. The molecule has 0 radical (unpaired) electrons. The molecule has 2 aromatic rings. The van der Waals surface area contributed by atoms with Crippen molar-refractivity contribution in [2.24, 2.45) is 0 Å². The van der Waals surface area contributed by atoms with Gasteiger partial charge in [0.15, 0.2) is 11.5 Å². The normalized spacial score (nSPS) is 16.7. The first-order valence-corrected chi connectivity index (χ1v) is 9.56. The van der Waals surface area contributed by atoms with Gasteiger partial charge in [-0.2, -0.15) is 0 Å². The van der Waals surface area contributed by atoms with Crippen LogP contribution < -0.4 is 14.8 Å². The molecule has 2 amide bonds. The van der Waals surface area contributed by atoms with E-state index in [1.165, 1.54) is 6.42 Å². The molecule has 0 spiro atoms. The third-order valence-corrected chi connectivity index (χ3v) is 4.67. The lowest BCUT2D eigenvalue weighted by Gasteiger charge is -2.33. The van der Waals surface area contributed by atoms with Crippen LogP contribution in [0.1, 0.15) is 38.7 Å². The summed E-state index contributed by atoms with van der Waals surface area (Å²) in [4.78, 5) is 18.6. The fourth-order valence-corrected chi connectivity index (χ4v) is 3.18. The van der Waals surface area contributed by atoms with Gasteiger partial charge in [-0.25, -0.2) is 9.78 Å². The van der Waals surface area contributed by atoms with E-state index in [0.29, 0.717) is 36.6 Å². The van der Waals surface area contributed by atoms with Crippen molar-refractivity contribution in [3.05, 3.63) is 48.2 Å². The van der Waals surface area contributed by atoms with E-state index in [1.807, 2.05) is 42.2 Å². The van der Waals surface area contributed by atoms with Crippen LogP contribution in [0, 0.1) is 0 Å². The van der Waals surface area contributed by atoms with E-state index in [1.54, 1.807) is 12.3 Å². The summed E-state index contributed by atoms with van der Waals surface area (Å²) in [5.74, 6) is 1.81. The highest BCUT2D eigenvalue weighted by atomic mass is 16.5. The van der Waals surface area contributed by atoms with Gasteiger partial charge in [-0.05, 0) is 50.8 Å². The molecule has 0 aliphatic carbocycles. The molecule has 1 aromatic heterocycles. The Hall–Kier alpha value is -2.76. The molecule has 1 aliphatic rings. The predicted octanol–water partition coefficient (Wildman–Crippen LogP) is 4.36. The van der Waals surface area contributed by atoms with E-state index in [2.05, 4.69) is 17.2 Å². The van der Waals surface area contributed by atoms with Crippen molar-refractivity contribution in [2.75, 3.05) is 13.2 Å². The Morgan fingerprint density at radius 2 is 2.04 bits per heavy atom. The number of urea groups is 1. The summed E-state index contributed by atoms with van der Waals surface area (Å²) in [5, 5.41) is 2.98. The van der Waals surface area contributed by atoms with Gasteiger partial charge in [-0.3, -0.25) is 0 Å². The number of amides is 2. The average Bonchev–Trinajstić information content (AvgIpc) is 2.69. The van der Waals surface area contributed by atoms with E-state index in [0.717, 1.165) is 24.9 Å². The zero-order valence-corrected chi connectivity index (χ0v) is 16.0. The third-order valence-electron chi connectivity index (χ3n) is 4.67. The number of likely N-dealkylation sites (tertiary alicyclic amines) is 1. The van der Waals surface area contributed by atoms with E-state index in [4.69, 9.17) is 9.47 Å². The lowest BCUT2D eigenvalue weighted by Crippen LogP contribution is -2.47. The van der Waals surface area contributed by atoms with E-state index < -0.39 is 0 Å². The van der Waals surface area contributed by atoms with Crippen LogP contribution in [0.4, 0.5) is 4.79 Å². The van der Waals surface area contributed by atoms with Crippen molar-refractivity contribution < 1.29 is 14.3 Å². The van der Waals surface area contributed by atoms with Crippen LogP contribution in [0.25, 0.3) is 0 Å². The van der Waals surface area contributed by atoms with Crippen LogP contribution in [0.2, 0.25) is 0 Å². The van der Waals surface area contributed by atoms with Crippen LogP contribution >= 0.6 is 0 Å². The number of para-hydroxylation sites is 2. The highest BCUT2D eigenvalue weighted by molar-refractivity contribution is 5.74. The molecule has 27 heavy (non-hydrogen) atoms. The van der Waals surface area contributed by atoms with Crippen molar-refractivity contribution in [2.45, 2.75) is 45.7 Å². The van der Waals surface area contributed by atoms with Gasteiger partial charge in [0.25, 0.3) is 0 Å². The smallest absolute Gasteiger partial charge is 0.317 e. The molecule has 6 heteroatoms. The number of carbonyl (C=O) groups excluding carboxylic acids is 1. The number of nitrogens with one attached hydrogen (secondary N) is 1. The van der Waals surface area contributed by atoms with Crippen LogP contribution in [0.3, 0.4) is 0 Å². The van der Waals surface area contributed by atoms with E-state index in [-0.39, 0.29) is 6.03 Å². The zero-order valence-electron chi connectivity index (χ0n) is 16.0. The number of aromatic nitrogens is 1. The van der Waals surface area contributed by atoms with Crippen molar-refractivity contribution in [3.8, 4) is 17.4 Å². The molecule has 0 saturated carbocycles. The quantitative estimate of drug-likeness (QED) is 0.822. The summed E-state index contributed by atoms with van der Waals surface area (Å²) in [6.07, 6.45) is 5.07. The first kappa shape index (κ1) is 19.0. The molecule has 2 heterocycles. The molecule has 1 unspecified atom stereocenters. The monoisotopic (exact) mass is 369 g/mol. The number of carbonyl (C=O) groups is 1. The van der Waals surface area contributed by atoms with Crippen LogP contribution in [0.15, 0.2) is 42.6 Å². The number of hydrogen-bond acceptors (Lipinski definition) is 4. The number of nitrogens with zero attached hydrogens (tertiary/aromatic N) is 2. The lowest BCUT2D eigenvalue weighted by atomic mass is 10.0. The number of hydrogen-bond donors (Lipinski definition) is 1. The van der Waals surface area contributed by atoms with Gasteiger partial charge in [0.2, 0.25) is 5.88 Å². The second-order valence-corrected chi connectivity index (χ2v) is 6.68. The Bertz CT molecular complexity index is 749. The minimum Gasteiger partial charge on any atom is -0.490 e. The second-order valence-electron chi connectivity index (χ2n) is 6.68. The number of ether oxygens (including phenoxy) is 2. The minimum atomic E-state index is -0.00633. The summed E-state index contributed by atoms with van der Waals surface area (Å²) in [6, 6.07) is 11.5. The molecule has 144 valence electrons. The van der Waals surface area contributed by atoms with E-state index >= 15 is 0 Å². The summed E-state index contributed by atoms with van der Waals surface area (Å²) in [5.41, 5.74) is 0.929. The van der Waals surface area contributed by atoms with Crippen LogP contribution in [-0.2, 0) is 6.54 Å². The maximum Gasteiger partial charge on any atom is 0.317 e. The number of benzene rings is 1. The SMILES string of the molecule is CCOc1ccccc1Oc1ccc(CNC(=O)N2CCCCC2C)cn1. The average molecular weight is 369 g/mol. The van der Waals surface area contributed by atoms with Crippen molar-refractivity contribution in [1.82, 2.24) is 15.2 Å².